The Morgan fingerprint density at radius 3 is 2.81 bits per heavy atom. The number of nitrogens with one attached hydrogen (secondary N) is 2. The summed E-state index contributed by atoms with van der Waals surface area (Å²) in [4.78, 5) is 4.13. The molecule has 0 bridgehead atoms. The van der Waals surface area contributed by atoms with Gasteiger partial charge in [-0.15, -0.1) is 0 Å². The average Bonchev–Trinajstić information content (AvgIpc) is 3.04. The summed E-state index contributed by atoms with van der Waals surface area (Å²) in [5.41, 5.74) is 0. The van der Waals surface area contributed by atoms with Crippen LogP contribution in [0.15, 0.2) is 12.3 Å². The molecule has 1 aliphatic rings. The zero-order valence-electron chi connectivity index (χ0n) is 8.97. The van der Waals surface area contributed by atoms with E-state index in [9.17, 15) is 0 Å². The first-order chi connectivity index (χ1) is 7.75. The van der Waals surface area contributed by atoms with E-state index in [1.165, 1.54) is 12.8 Å². The van der Waals surface area contributed by atoms with Crippen molar-refractivity contribution in [3.8, 4) is 0 Å². The second kappa shape index (κ2) is 5.71. The number of pyridine rings is 1. The van der Waals surface area contributed by atoms with Crippen molar-refractivity contribution in [3.63, 3.8) is 0 Å². The van der Waals surface area contributed by atoms with Gasteiger partial charge in [0.15, 0.2) is 0 Å². The lowest BCUT2D eigenvalue weighted by molar-refractivity contribution is 0.658. The Balaban J connectivity index is 1.67. The van der Waals surface area contributed by atoms with E-state index in [0.29, 0.717) is 15.9 Å². The van der Waals surface area contributed by atoms with Crippen molar-refractivity contribution < 1.29 is 0 Å². The van der Waals surface area contributed by atoms with Crippen LogP contribution in [-0.4, -0.2) is 24.1 Å². The highest BCUT2D eigenvalue weighted by Gasteiger charge is 2.19. The Labute approximate surface area is 106 Å². The van der Waals surface area contributed by atoms with E-state index in [4.69, 9.17) is 23.2 Å². The molecular formula is C11H15Cl2N3. The molecule has 5 heteroatoms. The van der Waals surface area contributed by atoms with E-state index in [1.54, 1.807) is 12.3 Å². The average molecular weight is 260 g/mol. The quantitative estimate of drug-likeness (QED) is 0.772. The lowest BCUT2D eigenvalue weighted by Gasteiger charge is -2.07. The third-order valence-corrected chi connectivity index (χ3v) is 2.96. The fourth-order valence-electron chi connectivity index (χ4n) is 1.43. The maximum atomic E-state index is 5.98. The summed E-state index contributed by atoms with van der Waals surface area (Å²) < 4.78 is 0. The molecule has 2 N–H and O–H groups in total. The first-order valence-corrected chi connectivity index (χ1v) is 6.29. The number of rotatable bonds is 6. The van der Waals surface area contributed by atoms with Crippen molar-refractivity contribution in [3.05, 3.63) is 22.3 Å². The van der Waals surface area contributed by atoms with Gasteiger partial charge >= 0.3 is 0 Å². The molecule has 1 aromatic heterocycles. The summed E-state index contributed by atoms with van der Waals surface area (Å²) >= 11 is 11.7. The van der Waals surface area contributed by atoms with E-state index >= 15 is 0 Å². The summed E-state index contributed by atoms with van der Waals surface area (Å²) in [7, 11) is 0. The van der Waals surface area contributed by atoms with Crippen LogP contribution in [0.3, 0.4) is 0 Å². The van der Waals surface area contributed by atoms with Crippen LogP contribution in [0, 0.1) is 0 Å². The number of nitrogens with zero attached hydrogens (tertiary/aromatic N) is 1. The zero-order valence-corrected chi connectivity index (χ0v) is 10.5. The van der Waals surface area contributed by atoms with Crippen LogP contribution >= 0.6 is 23.2 Å². The van der Waals surface area contributed by atoms with Crippen LogP contribution in [0.5, 0.6) is 0 Å². The molecule has 2 rings (SSSR count). The largest absolute Gasteiger partial charge is 0.369 e. The van der Waals surface area contributed by atoms with E-state index < -0.39 is 0 Å². The van der Waals surface area contributed by atoms with Crippen LogP contribution in [0.1, 0.15) is 19.3 Å². The molecule has 1 heterocycles. The van der Waals surface area contributed by atoms with Crippen LogP contribution in [0.4, 0.5) is 5.82 Å². The summed E-state index contributed by atoms with van der Waals surface area (Å²) in [5, 5.41) is 7.78. The number of anilines is 1. The summed E-state index contributed by atoms with van der Waals surface area (Å²) in [6.45, 7) is 1.91. The van der Waals surface area contributed by atoms with Crippen LogP contribution in [-0.2, 0) is 0 Å². The van der Waals surface area contributed by atoms with Gasteiger partial charge in [0.05, 0.1) is 10.0 Å². The Bertz CT molecular complexity index is 353. The van der Waals surface area contributed by atoms with Gasteiger partial charge in [-0.2, -0.15) is 0 Å². The molecule has 1 aromatic rings. The van der Waals surface area contributed by atoms with Crippen LogP contribution in [0.2, 0.25) is 10.0 Å². The van der Waals surface area contributed by atoms with Crippen molar-refractivity contribution in [2.45, 2.75) is 25.3 Å². The molecule has 1 aliphatic carbocycles. The fraction of sp³-hybridized carbons (Fsp3) is 0.545. The summed E-state index contributed by atoms with van der Waals surface area (Å²) in [6.07, 6.45) is 5.32. The highest BCUT2D eigenvalue weighted by Crippen LogP contribution is 2.22. The fourth-order valence-corrected chi connectivity index (χ4v) is 1.88. The van der Waals surface area contributed by atoms with Crippen molar-refractivity contribution in [2.75, 3.05) is 18.4 Å². The van der Waals surface area contributed by atoms with Crippen LogP contribution < -0.4 is 10.6 Å². The third kappa shape index (κ3) is 3.81. The Hall–Kier alpha value is -0.510. The molecule has 16 heavy (non-hydrogen) atoms. The van der Waals surface area contributed by atoms with E-state index in [1.807, 2.05) is 0 Å². The van der Waals surface area contributed by atoms with Gasteiger partial charge < -0.3 is 10.6 Å². The molecule has 0 saturated heterocycles. The molecule has 0 radical (unpaired) electrons. The minimum absolute atomic E-state index is 0.561. The predicted molar refractivity (Wildman–Crippen MR) is 68.4 cm³/mol. The maximum absolute atomic E-state index is 5.98. The predicted octanol–water partition coefficient (Wildman–Crippen LogP) is 2.94. The van der Waals surface area contributed by atoms with Gasteiger partial charge in [0, 0.05) is 18.8 Å². The monoisotopic (exact) mass is 259 g/mol. The molecule has 0 spiro atoms. The lowest BCUT2D eigenvalue weighted by atomic mass is 10.4. The van der Waals surface area contributed by atoms with E-state index in [2.05, 4.69) is 15.6 Å². The normalized spacial score (nSPS) is 15.1. The number of hydrogen-bond acceptors (Lipinski definition) is 3. The molecule has 0 amide bonds. The van der Waals surface area contributed by atoms with Gasteiger partial charge in [0.2, 0.25) is 0 Å². The molecule has 1 fully saturated rings. The van der Waals surface area contributed by atoms with Gasteiger partial charge in [-0.1, -0.05) is 23.2 Å². The molecule has 0 aliphatic heterocycles. The van der Waals surface area contributed by atoms with Crippen molar-refractivity contribution in [1.82, 2.24) is 10.3 Å². The first kappa shape index (κ1) is 12.0. The van der Waals surface area contributed by atoms with E-state index in [-0.39, 0.29) is 0 Å². The number of hydrogen-bond donors (Lipinski definition) is 2. The third-order valence-electron chi connectivity index (χ3n) is 2.46. The smallest absolute Gasteiger partial charge is 0.144 e. The number of aromatic nitrogens is 1. The van der Waals surface area contributed by atoms with Crippen molar-refractivity contribution in [1.29, 1.82) is 0 Å². The van der Waals surface area contributed by atoms with Gasteiger partial charge in [0.25, 0.3) is 0 Å². The van der Waals surface area contributed by atoms with Gasteiger partial charge in [-0.3, -0.25) is 0 Å². The molecule has 0 atom stereocenters. The molecule has 1 saturated carbocycles. The minimum atomic E-state index is 0.561. The Kier molecular flexibility index (Phi) is 4.27. The molecular weight excluding hydrogens is 245 g/mol. The topological polar surface area (TPSA) is 37.0 Å². The lowest BCUT2D eigenvalue weighted by Crippen LogP contribution is -2.20. The zero-order chi connectivity index (χ0) is 11.4. The summed E-state index contributed by atoms with van der Waals surface area (Å²) in [5.74, 6) is 0.706. The highest BCUT2D eigenvalue weighted by molar-refractivity contribution is 6.35. The van der Waals surface area contributed by atoms with Gasteiger partial charge in [-0.05, 0) is 31.9 Å². The standard InChI is InChI=1S/C11H15Cl2N3/c12-8-6-10(13)11(16-7-8)15-5-1-4-14-9-2-3-9/h6-7,9,14H,1-5H2,(H,15,16). The van der Waals surface area contributed by atoms with Gasteiger partial charge in [-0.25, -0.2) is 4.98 Å². The molecule has 88 valence electrons. The minimum Gasteiger partial charge on any atom is -0.369 e. The number of halogens is 2. The van der Waals surface area contributed by atoms with Gasteiger partial charge in [0.1, 0.15) is 5.82 Å². The first-order valence-electron chi connectivity index (χ1n) is 5.54. The SMILES string of the molecule is Clc1cnc(NCCCNC2CC2)c(Cl)c1. The Morgan fingerprint density at radius 1 is 1.31 bits per heavy atom. The summed E-state index contributed by atoms with van der Waals surface area (Å²) in [6, 6.07) is 2.47. The highest BCUT2D eigenvalue weighted by atomic mass is 35.5. The molecule has 0 aromatic carbocycles. The van der Waals surface area contributed by atoms with E-state index in [0.717, 1.165) is 25.6 Å². The second-order valence-electron chi connectivity index (χ2n) is 3.99. The molecule has 0 unspecified atom stereocenters. The Morgan fingerprint density at radius 2 is 2.12 bits per heavy atom. The maximum Gasteiger partial charge on any atom is 0.144 e. The second-order valence-corrected chi connectivity index (χ2v) is 4.84. The molecule has 3 nitrogen and oxygen atoms in total. The van der Waals surface area contributed by atoms with Crippen molar-refractivity contribution in [2.24, 2.45) is 0 Å². The van der Waals surface area contributed by atoms with Crippen molar-refractivity contribution >= 4 is 29.0 Å². The van der Waals surface area contributed by atoms with Crippen LogP contribution in [0.25, 0.3) is 0 Å².